The van der Waals surface area contributed by atoms with Crippen molar-refractivity contribution in [2.75, 3.05) is 19.4 Å². The molecule has 8 heteroatoms. The highest BCUT2D eigenvalue weighted by molar-refractivity contribution is 5.96. The van der Waals surface area contributed by atoms with Gasteiger partial charge in [0.1, 0.15) is 17.1 Å². The maximum Gasteiger partial charge on any atom is 0.326 e. The summed E-state index contributed by atoms with van der Waals surface area (Å²) in [4.78, 5) is 39.3. The molecule has 0 radical (unpaired) electrons. The first kappa shape index (κ1) is 16.8. The third-order valence-electron chi connectivity index (χ3n) is 4.52. The monoisotopic (exact) mass is 344 g/mol. The topological polar surface area (TPSA) is 130 Å². The summed E-state index contributed by atoms with van der Waals surface area (Å²) in [5.41, 5.74) is 5.97. The number of hydrogen-bond donors (Lipinski definition) is 4. The van der Waals surface area contributed by atoms with E-state index in [2.05, 4.69) is 16.4 Å². The third kappa shape index (κ3) is 3.42. The molecule has 8 nitrogen and oxygen atoms in total. The minimum absolute atomic E-state index is 0.206. The van der Waals surface area contributed by atoms with Crippen molar-refractivity contribution in [3.05, 3.63) is 55.9 Å². The van der Waals surface area contributed by atoms with Crippen LogP contribution in [0.3, 0.4) is 0 Å². The minimum atomic E-state index is -0.773. The number of aromatic nitrogens is 2. The second-order valence-corrected chi connectivity index (χ2v) is 6.11. The van der Waals surface area contributed by atoms with Crippen molar-refractivity contribution in [1.29, 1.82) is 0 Å². The summed E-state index contributed by atoms with van der Waals surface area (Å²) < 4.78 is 5.42. The van der Waals surface area contributed by atoms with Crippen molar-refractivity contribution in [1.82, 2.24) is 15.3 Å². The second-order valence-electron chi connectivity index (χ2n) is 6.11. The number of rotatable bonds is 4. The van der Waals surface area contributed by atoms with Crippen molar-refractivity contribution < 1.29 is 9.53 Å². The highest BCUT2D eigenvalue weighted by atomic mass is 16.5. The number of methoxy groups -OCH3 is 1. The Bertz CT molecular complexity index is 901. The fourth-order valence-corrected chi connectivity index (χ4v) is 3.19. The molecule has 1 heterocycles. The summed E-state index contributed by atoms with van der Waals surface area (Å²) in [6.07, 6.45) is 2.64. The minimum Gasteiger partial charge on any atom is -0.496 e. The zero-order valence-electron chi connectivity index (χ0n) is 13.8. The fraction of sp³-hybridized carbons (Fsp3) is 0.353. The number of carbonyl (C=O) groups excluding carboxylic acids is 1. The smallest absolute Gasteiger partial charge is 0.326 e. The number of aromatic amines is 2. The van der Waals surface area contributed by atoms with Crippen LogP contribution in [0.15, 0.2) is 27.8 Å². The molecule has 0 aliphatic heterocycles. The van der Waals surface area contributed by atoms with Crippen LogP contribution in [0.2, 0.25) is 0 Å². The van der Waals surface area contributed by atoms with Gasteiger partial charge in [0.2, 0.25) is 0 Å². The third-order valence-corrected chi connectivity index (χ3v) is 4.52. The molecule has 1 amide bonds. The molecule has 3 rings (SSSR count). The van der Waals surface area contributed by atoms with E-state index in [1.165, 1.54) is 11.1 Å². The number of anilines is 1. The number of benzene rings is 1. The van der Waals surface area contributed by atoms with Crippen LogP contribution >= 0.6 is 0 Å². The predicted molar refractivity (Wildman–Crippen MR) is 92.9 cm³/mol. The molecular formula is C17H20N4O4. The normalized spacial score (nSPS) is 16.1. The maximum atomic E-state index is 12.2. The molecule has 1 aromatic heterocycles. The van der Waals surface area contributed by atoms with Gasteiger partial charge in [0, 0.05) is 6.54 Å². The summed E-state index contributed by atoms with van der Waals surface area (Å²) in [7, 11) is 1.65. The largest absolute Gasteiger partial charge is 0.496 e. The maximum absolute atomic E-state index is 12.2. The van der Waals surface area contributed by atoms with Gasteiger partial charge in [-0.15, -0.1) is 0 Å². The number of aryl methyl sites for hydroxylation is 1. The molecule has 1 aromatic carbocycles. The first-order chi connectivity index (χ1) is 12.0. The van der Waals surface area contributed by atoms with Crippen LogP contribution in [-0.4, -0.2) is 29.5 Å². The highest BCUT2D eigenvalue weighted by Gasteiger charge is 2.23. The fourth-order valence-electron chi connectivity index (χ4n) is 3.19. The van der Waals surface area contributed by atoms with E-state index in [4.69, 9.17) is 10.5 Å². The number of ether oxygens (including phenoxy) is 1. The molecule has 0 saturated heterocycles. The average Bonchev–Trinajstić information content (AvgIpc) is 2.61. The Kier molecular flexibility index (Phi) is 4.60. The van der Waals surface area contributed by atoms with Crippen LogP contribution in [0.25, 0.3) is 0 Å². The number of nitrogens with two attached hydrogens (primary N) is 1. The summed E-state index contributed by atoms with van der Waals surface area (Å²) in [6.45, 7) is 0.421. The number of nitrogen functional groups attached to an aromatic ring is 1. The summed E-state index contributed by atoms with van der Waals surface area (Å²) in [5, 5.41) is 2.75. The Morgan fingerprint density at radius 3 is 2.92 bits per heavy atom. The highest BCUT2D eigenvalue weighted by Crippen LogP contribution is 2.31. The van der Waals surface area contributed by atoms with Gasteiger partial charge >= 0.3 is 5.69 Å². The molecule has 1 unspecified atom stereocenters. The van der Waals surface area contributed by atoms with Crippen LogP contribution in [0.1, 0.15) is 28.0 Å². The number of H-pyrrole nitrogens is 2. The van der Waals surface area contributed by atoms with Gasteiger partial charge in [0.05, 0.1) is 7.11 Å². The van der Waals surface area contributed by atoms with Gasteiger partial charge in [-0.2, -0.15) is 0 Å². The van der Waals surface area contributed by atoms with Crippen LogP contribution in [-0.2, 0) is 12.8 Å². The first-order valence-corrected chi connectivity index (χ1v) is 8.04. The van der Waals surface area contributed by atoms with E-state index < -0.39 is 17.2 Å². The Hall–Kier alpha value is -3.03. The van der Waals surface area contributed by atoms with E-state index in [0.717, 1.165) is 25.0 Å². The number of amides is 1. The first-order valence-electron chi connectivity index (χ1n) is 8.04. The molecule has 0 saturated carbocycles. The van der Waals surface area contributed by atoms with Crippen molar-refractivity contribution in [3.8, 4) is 5.75 Å². The predicted octanol–water partition coefficient (Wildman–Crippen LogP) is 0.189. The van der Waals surface area contributed by atoms with Gasteiger partial charge < -0.3 is 20.8 Å². The number of hydrogen-bond acceptors (Lipinski definition) is 5. The van der Waals surface area contributed by atoms with Crippen molar-refractivity contribution in [3.63, 3.8) is 0 Å². The van der Waals surface area contributed by atoms with Crippen molar-refractivity contribution >= 4 is 11.6 Å². The molecule has 5 N–H and O–H groups in total. The van der Waals surface area contributed by atoms with Crippen LogP contribution in [0.5, 0.6) is 5.75 Å². The van der Waals surface area contributed by atoms with Gasteiger partial charge in [0.25, 0.3) is 11.5 Å². The van der Waals surface area contributed by atoms with Crippen LogP contribution < -0.4 is 27.0 Å². The molecule has 1 atom stereocenters. The van der Waals surface area contributed by atoms with E-state index >= 15 is 0 Å². The zero-order chi connectivity index (χ0) is 18.0. The Balaban J connectivity index is 1.70. The molecule has 0 bridgehead atoms. The Morgan fingerprint density at radius 1 is 1.36 bits per heavy atom. The molecule has 132 valence electrons. The molecular weight excluding hydrogens is 324 g/mol. The molecule has 0 spiro atoms. The van der Waals surface area contributed by atoms with Crippen LogP contribution in [0, 0.1) is 5.92 Å². The molecule has 1 aliphatic rings. The van der Waals surface area contributed by atoms with Gasteiger partial charge in [-0.3, -0.25) is 14.6 Å². The lowest BCUT2D eigenvalue weighted by atomic mass is 9.83. The van der Waals surface area contributed by atoms with Gasteiger partial charge in [-0.1, -0.05) is 12.1 Å². The van der Waals surface area contributed by atoms with Gasteiger partial charge in [0.15, 0.2) is 0 Å². The molecule has 2 aromatic rings. The lowest BCUT2D eigenvalue weighted by Gasteiger charge is -2.26. The van der Waals surface area contributed by atoms with E-state index in [9.17, 15) is 14.4 Å². The van der Waals surface area contributed by atoms with Crippen molar-refractivity contribution in [2.45, 2.75) is 19.3 Å². The summed E-state index contributed by atoms with van der Waals surface area (Å²) in [6, 6.07) is 6.00. The van der Waals surface area contributed by atoms with E-state index in [-0.39, 0.29) is 17.3 Å². The Labute approximate surface area is 143 Å². The summed E-state index contributed by atoms with van der Waals surface area (Å²) >= 11 is 0. The number of carbonyl (C=O) groups is 1. The van der Waals surface area contributed by atoms with Crippen LogP contribution in [0.4, 0.5) is 5.69 Å². The SMILES string of the molecule is COc1cccc2c1CC(CNC(=O)c1[nH]c(=O)[nH]c(=O)c1N)CC2. The lowest BCUT2D eigenvalue weighted by Crippen LogP contribution is -2.36. The summed E-state index contributed by atoms with van der Waals surface area (Å²) in [5.74, 6) is 0.533. The Morgan fingerprint density at radius 2 is 2.16 bits per heavy atom. The quantitative estimate of drug-likeness (QED) is 0.629. The van der Waals surface area contributed by atoms with Gasteiger partial charge in [-0.25, -0.2) is 4.79 Å². The average molecular weight is 344 g/mol. The number of nitrogens with one attached hydrogen (secondary N) is 3. The molecule has 0 fully saturated rings. The molecule has 25 heavy (non-hydrogen) atoms. The standard InChI is InChI=1S/C17H20N4O4/c1-25-12-4-2-3-10-6-5-9(7-11(10)12)8-19-16(23)14-13(18)15(22)21-17(24)20-14/h2-4,9H,5-8,18H2,1H3,(H,19,23)(H2,20,21,22,24). The van der Waals surface area contributed by atoms with Crippen molar-refractivity contribution in [2.24, 2.45) is 5.92 Å². The molecule has 1 aliphatic carbocycles. The zero-order valence-corrected chi connectivity index (χ0v) is 13.8. The second kappa shape index (κ2) is 6.84. The lowest BCUT2D eigenvalue weighted by molar-refractivity contribution is 0.0941. The van der Waals surface area contributed by atoms with E-state index in [1.807, 2.05) is 17.1 Å². The van der Waals surface area contributed by atoms with E-state index in [1.54, 1.807) is 7.11 Å². The van der Waals surface area contributed by atoms with E-state index in [0.29, 0.717) is 6.54 Å². The number of fused-ring (bicyclic) bond motifs is 1. The van der Waals surface area contributed by atoms with Gasteiger partial charge in [-0.05, 0) is 42.4 Å².